The third-order valence-corrected chi connectivity index (χ3v) is 5.93. The number of sulfonamides is 1. The summed E-state index contributed by atoms with van der Waals surface area (Å²) in [6, 6.07) is 15.9. The summed E-state index contributed by atoms with van der Waals surface area (Å²) in [5, 5.41) is 3.87. The maximum atomic E-state index is 13.7. The van der Waals surface area contributed by atoms with E-state index in [2.05, 4.69) is 15.2 Å². The molecule has 3 aromatic carbocycles. The molecule has 32 heavy (non-hydrogen) atoms. The van der Waals surface area contributed by atoms with Gasteiger partial charge in [-0.2, -0.15) is 5.10 Å². The predicted octanol–water partition coefficient (Wildman–Crippen LogP) is 4.44. The number of ether oxygens (including phenoxy) is 1. The molecule has 0 aliphatic carbocycles. The first-order valence-electron chi connectivity index (χ1n) is 9.43. The molecule has 0 fully saturated rings. The van der Waals surface area contributed by atoms with Gasteiger partial charge in [-0.1, -0.05) is 17.7 Å². The number of rotatable bonds is 8. The van der Waals surface area contributed by atoms with Crippen LogP contribution in [0.25, 0.3) is 0 Å². The highest BCUT2D eigenvalue weighted by Crippen LogP contribution is 2.20. The predicted molar refractivity (Wildman–Crippen MR) is 121 cm³/mol. The lowest BCUT2D eigenvalue weighted by molar-refractivity contribution is 0.0955. The number of carbonyl (C=O) groups excluding carboxylic acids is 1. The van der Waals surface area contributed by atoms with Crippen molar-refractivity contribution in [3.05, 3.63) is 88.7 Å². The number of hydrogen-bond donors (Lipinski definition) is 2. The molecule has 7 nitrogen and oxygen atoms in total. The highest BCUT2D eigenvalue weighted by atomic mass is 35.5. The van der Waals surface area contributed by atoms with Crippen LogP contribution in [-0.4, -0.2) is 27.1 Å². The molecule has 166 valence electrons. The van der Waals surface area contributed by atoms with E-state index in [1.807, 2.05) is 6.92 Å². The number of nitrogens with one attached hydrogen (secondary N) is 2. The lowest BCUT2D eigenvalue weighted by Crippen LogP contribution is -2.18. The van der Waals surface area contributed by atoms with Crippen molar-refractivity contribution in [1.29, 1.82) is 0 Å². The highest BCUT2D eigenvalue weighted by Gasteiger charge is 2.15. The summed E-state index contributed by atoms with van der Waals surface area (Å²) in [7, 11) is -3.81. The van der Waals surface area contributed by atoms with E-state index in [1.165, 1.54) is 54.6 Å². The topological polar surface area (TPSA) is 96.9 Å². The Labute approximate surface area is 189 Å². The van der Waals surface area contributed by atoms with E-state index >= 15 is 0 Å². The van der Waals surface area contributed by atoms with E-state index < -0.39 is 21.7 Å². The fraction of sp³-hybridized carbons (Fsp3) is 0.0909. The molecule has 0 saturated carbocycles. The Morgan fingerprint density at radius 2 is 1.78 bits per heavy atom. The molecule has 0 aliphatic heterocycles. The van der Waals surface area contributed by atoms with Gasteiger partial charge in [-0.15, -0.1) is 0 Å². The molecule has 0 unspecified atom stereocenters. The van der Waals surface area contributed by atoms with Gasteiger partial charge in [0.05, 0.1) is 22.7 Å². The van der Waals surface area contributed by atoms with Gasteiger partial charge in [-0.3, -0.25) is 9.52 Å². The monoisotopic (exact) mass is 475 g/mol. The van der Waals surface area contributed by atoms with E-state index in [-0.39, 0.29) is 26.7 Å². The van der Waals surface area contributed by atoms with Crippen LogP contribution in [-0.2, 0) is 10.0 Å². The fourth-order valence-corrected chi connectivity index (χ4v) is 3.91. The number of anilines is 1. The zero-order valence-electron chi connectivity index (χ0n) is 16.9. The van der Waals surface area contributed by atoms with Gasteiger partial charge < -0.3 is 4.74 Å². The molecule has 0 saturated heterocycles. The van der Waals surface area contributed by atoms with Crippen molar-refractivity contribution in [2.45, 2.75) is 11.8 Å². The maximum absolute atomic E-state index is 13.7. The molecule has 0 spiro atoms. The minimum absolute atomic E-state index is 0.0495. The molecule has 1 amide bonds. The first-order chi connectivity index (χ1) is 15.3. The van der Waals surface area contributed by atoms with E-state index in [9.17, 15) is 17.6 Å². The SMILES string of the molecule is CCOc1ccc(S(=O)(=O)Nc2ccc(C(=O)NN=Cc3c(F)cccc3Cl)cc2)cc1. The van der Waals surface area contributed by atoms with Crippen LogP contribution >= 0.6 is 11.6 Å². The first-order valence-corrected chi connectivity index (χ1v) is 11.3. The number of amides is 1. The van der Waals surface area contributed by atoms with Crippen molar-refractivity contribution in [2.24, 2.45) is 5.10 Å². The van der Waals surface area contributed by atoms with Gasteiger partial charge in [0.2, 0.25) is 0 Å². The lowest BCUT2D eigenvalue weighted by Gasteiger charge is -2.09. The molecule has 3 rings (SSSR count). The zero-order valence-corrected chi connectivity index (χ0v) is 18.5. The summed E-state index contributed by atoms with van der Waals surface area (Å²) in [6.07, 6.45) is 1.11. The summed E-state index contributed by atoms with van der Waals surface area (Å²) < 4.78 is 46.5. The largest absolute Gasteiger partial charge is 0.494 e. The van der Waals surface area contributed by atoms with Crippen LogP contribution in [0.5, 0.6) is 5.75 Å². The number of hydrazone groups is 1. The van der Waals surface area contributed by atoms with E-state index in [1.54, 1.807) is 12.1 Å². The molecular formula is C22H19ClFN3O4S. The smallest absolute Gasteiger partial charge is 0.271 e. The first kappa shape index (κ1) is 23.2. The summed E-state index contributed by atoms with van der Waals surface area (Å²) in [6.45, 7) is 2.31. The van der Waals surface area contributed by atoms with Crippen LogP contribution in [0.15, 0.2) is 76.7 Å². The number of nitrogens with zero attached hydrogens (tertiary/aromatic N) is 1. The van der Waals surface area contributed by atoms with E-state index in [0.717, 1.165) is 6.21 Å². The number of carbonyl (C=O) groups is 1. The summed E-state index contributed by atoms with van der Waals surface area (Å²) >= 11 is 5.89. The van der Waals surface area contributed by atoms with Gasteiger partial charge >= 0.3 is 0 Å². The Morgan fingerprint density at radius 1 is 1.09 bits per heavy atom. The Balaban J connectivity index is 1.64. The molecule has 0 bridgehead atoms. The van der Waals surface area contributed by atoms with Crippen LogP contribution < -0.4 is 14.9 Å². The fourth-order valence-electron chi connectivity index (χ4n) is 2.64. The van der Waals surface area contributed by atoms with Crippen molar-refractivity contribution in [1.82, 2.24) is 5.43 Å². The van der Waals surface area contributed by atoms with Crippen LogP contribution in [0.2, 0.25) is 5.02 Å². The number of benzene rings is 3. The van der Waals surface area contributed by atoms with E-state index in [0.29, 0.717) is 12.4 Å². The average Bonchev–Trinajstić information content (AvgIpc) is 2.76. The molecular weight excluding hydrogens is 457 g/mol. The molecule has 3 aromatic rings. The number of halogens is 2. The van der Waals surface area contributed by atoms with E-state index in [4.69, 9.17) is 16.3 Å². The Morgan fingerprint density at radius 3 is 2.41 bits per heavy atom. The second-order valence-electron chi connectivity index (χ2n) is 6.42. The summed E-state index contributed by atoms with van der Waals surface area (Å²) in [4.78, 5) is 12.3. The molecule has 0 aliphatic rings. The van der Waals surface area contributed by atoms with Gasteiger partial charge in [0, 0.05) is 16.8 Å². The van der Waals surface area contributed by atoms with Gasteiger partial charge in [0.15, 0.2) is 0 Å². The highest BCUT2D eigenvalue weighted by molar-refractivity contribution is 7.92. The minimum Gasteiger partial charge on any atom is -0.494 e. The summed E-state index contributed by atoms with van der Waals surface area (Å²) in [5.41, 5.74) is 2.82. The molecule has 0 aromatic heterocycles. The molecule has 10 heteroatoms. The van der Waals surface area contributed by atoms with Crippen LogP contribution in [0, 0.1) is 5.82 Å². The van der Waals surface area contributed by atoms with Gasteiger partial charge in [-0.25, -0.2) is 18.2 Å². The lowest BCUT2D eigenvalue weighted by atomic mass is 10.2. The van der Waals surface area contributed by atoms with Gasteiger partial charge in [0.25, 0.3) is 15.9 Å². The minimum atomic E-state index is -3.81. The van der Waals surface area contributed by atoms with Crippen molar-refractivity contribution >= 4 is 39.4 Å². The Bertz CT molecular complexity index is 1210. The molecule has 0 atom stereocenters. The van der Waals surface area contributed by atoms with Crippen molar-refractivity contribution in [2.75, 3.05) is 11.3 Å². The van der Waals surface area contributed by atoms with Crippen molar-refractivity contribution in [3.63, 3.8) is 0 Å². The standard InChI is InChI=1S/C22H19ClFN3O4S/c1-2-31-17-10-12-18(13-11-17)32(29,30)27-16-8-6-15(7-9-16)22(28)26-25-14-19-20(23)4-3-5-21(19)24/h3-14,27H,2H2,1H3,(H,26,28). The summed E-state index contributed by atoms with van der Waals surface area (Å²) in [5.74, 6) is -0.559. The third kappa shape index (κ3) is 5.83. The van der Waals surface area contributed by atoms with Crippen LogP contribution in [0.4, 0.5) is 10.1 Å². The van der Waals surface area contributed by atoms with Gasteiger partial charge in [0.1, 0.15) is 11.6 Å². The van der Waals surface area contributed by atoms with Crippen molar-refractivity contribution in [3.8, 4) is 5.75 Å². The zero-order chi connectivity index (χ0) is 23.1. The average molecular weight is 476 g/mol. The van der Waals surface area contributed by atoms with Crippen LogP contribution in [0.3, 0.4) is 0 Å². The quantitative estimate of drug-likeness (QED) is 0.371. The Kier molecular flexibility index (Phi) is 7.45. The normalized spacial score (nSPS) is 11.3. The second kappa shape index (κ2) is 10.3. The Hall–Kier alpha value is -3.43. The molecule has 0 heterocycles. The molecule has 0 radical (unpaired) electrons. The van der Waals surface area contributed by atoms with Gasteiger partial charge in [-0.05, 0) is 67.6 Å². The van der Waals surface area contributed by atoms with Crippen LogP contribution in [0.1, 0.15) is 22.8 Å². The molecule has 2 N–H and O–H groups in total. The van der Waals surface area contributed by atoms with Crippen molar-refractivity contribution < 1.29 is 22.3 Å². The maximum Gasteiger partial charge on any atom is 0.271 e. The third-order valence-electron chi connectivity index (χ3n) is 4.20. The second-order valence-corrected chi connectivity index (χ2v) is 8.51. The number of hydrogen-bond acceptors (Lipinski definition) is 5.